The number of carbonyl (C=O) groups is 2. The normalized spacial score (nSPS) is 15.2. The highest BCUT2D eigenvalue weighted by molar-refractivity contribution is 6.04. The molecule has 5 heteroatoms. The largest absolute Gasteiger partial charge is 0.549 e. The number of hydrogen-bond acceptors (Lipinski definition) is 4. The van der Waals surface area contributed by atoms with Crippen LogP contribution in [-0.2, 0) is 9.59 Å². The van der Waals surface area contributed by atoms with E-state index in [-0.39, 0.29) is 6.54 Å². The predicted molar refractivity (Wildman–Crippen MR) is 75.7 cm³/mol. The fraction of sp³-hybridized carbons (Fsp3) is 0.733. The Morgan fingerprint density at radius 1 is 1.25 bits per heavy atom. The van der Waals surface area contributed by atoms with Gasteiger partial charge in [0.25, 0.3) is 0 Å². The van der Waals surface area contributed by atoms with Crippen molar-refractivity contribution in [3.05, 3.63) is 12.2 Å². The molecular weight excluding hydrogens is 258 g/mol. The number of carboxylic acid groups (broad SMARTS) is 1. The summed E-state index contributed by atoms with van der Waals surface area (Å²) in [6.45, 7) is 2.26. The van der Waals surface area contributed by atoms with Crippen molar-refractivity contribution in [2.45, 2.75) is 38.7 Å². The van der Waals surface area contributed by atoms with Gasteiger partial charge in [0.1, 0.15) is 12.6 Å². The third-order valence-corrected chi connectivity index (χ3v) is 2.94. The van der Waals surface area contributed by atoms with Crippen LogP contribution in [0, 0.1) is 5.92 Å². The minimum atomic E-state index is -1.52. The fourth-order valence-electron chi connectivity index (χ4n) is 1.94. The lowest BCUT2D eigenvalue weighted by Crippen LogP contribution is -2.50. The molecule has 0 aromatic rings. The molecule has 5 nitrogen and oxygen atoms in total. The minimum Gasteiger partial charge on any atom is -0.549 e. The zero-order valence-corrected chi connectivity index (χ0v) is 13.0. The molecule has 0 aliphatic carbocycles. The number of quaternary nitrogens is 1. The number of rotatable bonds is 10. The molecule has 116 valence electrons. The Hall–Kier alpha value is -1.20. The molecule has 0 rings (SSSR count). The van der Waals surface area contributed by atoms with Gasteiger partial charge in [-0.05, 0) is 18.9 Å². The van der Waals surface area contributed by atoms with Crippen LogP contribution in [-0.4, -0.2) is 55.1 Å². The number of likely N-dealkylation sites (N-methyl/N-ethyl adjacent to an activating group) is 1. The van der Waals surface area contributed by atoms with Crippen molar-refractivity contribution in [3.63, 3.8) is 0 Å². The maximum atomic E-state index is 11.9. The molecule has 20 heavy (non-hydrogen) atoms. The molecule has 0 fully saturated rings. The summed E-state index contributed by atoms with van der Waals surface area (Å²) in [6, 6.07) is 0. The first kappa shape index (κ1) is 18.8. The average molecular weight is 285 g/mol. The molecule has 0 amide bonds. The Labute approximate surface area is 121 Å². The summed E-state index contributed by atoms with van der Waals surface area (Å²) in [5, 5.41) is 21.0. The SMILES string of the molecule is CCCCC/C=C/C(=O)C(C(=O)[O-])C(O)C[N+](C)(C)C. The summed E-state index contributed by atoms with van der Waals surface area (Å²) in [5.74, 6) is -3.61. The van der Waals surface area contributed by atoms with Crippen molar-refractivity contribution in [1.82, 2.24) is 0 Å². The average Bonchev–Trinajstić information content (AvgIpc) is 2.25. The van der Waals surface area contributed by atoms with Crippen molar-refractivity contribution >= 4 is 11.8 Å². The highest BCUT2D eigenvalue weighted by Crippen LogP contribution is 2.10. The van der Waals surface area contributed by atoms with E-state index in [1.165, 1.54) is 6.08 Å². The van der Waals surface area contributed by atoms with Crippen LogP contribution < -0.4 is 5.11 Å². The van der Waals surface area contributed by atoms with Crippen LogP contribution in [0.2, 0.25) is 0 Å². The van der Waals surface area contributed by atoms with Gasteiger partial charge in [-0.1, -0.05) is 25.8 Å². The summed E-state index contributed by atoms with van der Waals surface area (Å²) in [4.78, 5) is 22.9. The van der Waals surface area contributed by atoms with E-state index < -0.39 is 23.8 Å². The number of ketones is 1. The number of nitrogens with zero attached hydrogens (tertiary/aromatic N) is 1. The van der Waals surface area contributed by atoms with E-state index in [0.29, 0.717) is 4.48 Å². The number of aliphatic hydroxyl groups is 1. The fourth-order valence-corrected chi connectivity index (χ4v) is 1.94. The summed E-state index contributed by atoms with van der Waals surface area (Å²) < 4.78 is 0.373. The van der Waals surface area contributed by atoms with Gasteiger partial charge in [0.05, 0.1) is 33.0 Å². The number of carboxylic acids is 1. The second-order valence-electron chi connectivity index (χ2n) is 6.14. The van der Waals surface area contributed by atoms with Gasteiger partial charge < -0.3 is 19.5 Å². The number of unbranched alkanes of at least 4 members (excludes halogenated alkanes) is 3. The van der Waals surface area contributed by atoms with Crippen LogP contribution in [0.15, 0.2) is 12.2 Å². The van der Waals surface area contributed by atoms with Crippen LogP contribution in [0.4, 0.5) is 0 Å². The molecular formula is C15H27NO4. The molecule has 0 saturated carbocycles. The van der Waals surface area contributed by atoms with Gasteiger partial charge in [-0.25, -0.2) is 0 Å². The lowest BCUT2D eigenvalue weighted by atomic mass is 9.96. The molecule has 0 bridgehead atoms. The molecule has 0 saturated heterocycles. The predicted octanol–water partition coefficient (Wildman–Crippen LogP) is 0.125. The van der Waals surface area contributed by atoms with Gasteiger partial charge in [-0.2, -0.15) is 0 Å². The first-order chi connectivity index (χ1) is 9.19. The summed E-state index contributed by atoms with van der Waals surface area (Å²) >= 11 is 0. The number of allylic oxidation sites excluding steroid dienone is 2. The smallest absolute Gasteiger partial charge is 0.166 e. The second kappa shape index (κ2) is 8.87. The molecule has 0 radical (unpaired) electrons. The third-order valence-electron chi connectivity index (χ3n) is 2.94. The number of hydrogen-bond donors (Lipinski definition) is 1. The Kier molecular flexibility index (Phi) is 8.34. The lowest BCUT2D eigenvalue weighted by Gasteiger charge is -2.30. The van der Waals surface area contributed by atoms with Crippen LogP contribution in [0.25, 0.3) is 0 Å². The molecule has 0 aliphatic heterocycles. The first-order valence-electron chi connectivity index (χ1n) is 7.08. The summed E-state index contributed by atoms with van der Waals surface area (Å²) in [5.41, 5.74) is 0. The van der Waals surface area contributed by atoms with Crippen molar-refractivity contribution in [2.24, 2.45) is 5.92 Å². The second-order valence-corrected chi connectivity index (χ2v) is 6.14. The van der Waals surface area contributed by atoms with Crippen LogP contribution in [0.1, 0.15) is 32.6 Å². The quantitative estimate of drug-likeness (QED) is 0.268. The van der Waals surface area contributed by atoms with E-state index in [9.17, 15) is 19.8 Å². The van der Waals surface area contributed by atoms with E-state index in [0.717, 1.165) is 25.7 Å². The zero-order chi connectivity index (χ0) is 15.8. The van der Waals surface area contributed by atoms with Crippen molar-refractivity contribution in [3.8, 4) is 0 Å². The molecule has 1 N–H and O–H groups in total. The maximum Gasteiger partial charge on any atom is 0.166 e. The molecule has 2 unspecified atom stereocenters. The molecule has 0 aromatic heterocycles. The van der Waals surface area contributed by atoms with Crippen LogP contribution in [0.5, 0.6) is 0 Å². The van der Waals surface area contributed by atoms with Gasteiger partial charge in [0, 0.05) is 0 Å². The first-order valence-corrected chi connectivity index (χ1v) is 7.08. The molecule has 0 heterocycles. The lowest BCUT2D eigenvalue weighted by molar-refractivity contribution is -0.873. The van der Waals surface area contributed by atoms with Crippen molar-refractivity contribution in [1.29, 1.82) is 0 Å². The van der Waals surface area contributed by atoms with Crippen molar-refractivity contribution in [2.75, 3.05) is 27.7 Å². The Morgan fingerprint density at radius 2 is 1.85 bits per heavy atom. The van der Waals surface area contributed by atoms with E-state index in [4.69, 9.17) is 0 Å². The molecule has 0 aromatic carbocycles. The number of aliphatic hydroxyl groups excluding tert-OH is 1. The van der Waals surface area contributed by atoms with Gasteiger partial charge in [-0.15, -0.1) is 0 Å². The minimum absolute atomic E-state index is 0.175. The molecule has 2 atom stereocenters. The van der Waals surface area contributed by atoms with Gasteiger partial charge in [0.15, 0.2) is 5.78 Å². The van der Waals surface area contributed by atoms with Gasteiger partial charge in [0.2, 0.25) is 0 Å². The van der Waals surface area contributed by atoms with Crippen LogP contribution in [0.3, 0.4) is 0 Å². The standard InChI is InChI=1S/C15H27NO4/c1-5-6-7-8-9-10-12(17)14(15(19)20)13(18)11-16(2,3)4/h9-10,13-14,18H,5-8,11H2,1-4H3/b10-9+. The monoisotopic (exact) mass is 285 g/mol. The molecule has 0 spiro atoms. The Morgan fingerprint density at radius 3 is 2.30 bits per heavy atom. The summed E-state index contributed by atoms with van der Waals surface area (Å²) in [7, 11) is 5.46. The highest BCUT2D eigenvalue weighted by atomic mass is 16.4. The summed E-state index contributed by atoms with van der Waals surface area (Å²) in [6.07, 6.45) is 5.57. The Bertz CT molecular complexity index is 344. The van der Waals surface area contributed by atoms with Gasteiger partial charge in [-0.3, -0.25) is 4.79 Å². The molecule has 0 aliphatic rings. The third kappa shape index (κ3) is 8.07. The van der Waals surface area contributed by atoms with Crippen LogP contribution >= 0.6 is 0 Å². The van der Waals surface area contributed by atoms with E-state index in [1.807, 2.05) is 21.1 Å². The van der Waals surface area contributed by atoms with Crippen molar-refractivity contribution < 1.29 is 24.3 Å². The number of aliphatic carboxylic acids is 1. The van der Waals surface area contributed by atoms with Gasteiger partial charge >= 0.3 is 0 Å². The Balaban J connectivity index is 4.59. The topological polar surface area (TPSA) is 77.4 Å². The van der Waals surface area contributed by atoms with E-state index in [1.54, 1.807) is 6.08 Å². The van der Waals surface area contributed by atoms with E-state index >= 15 is 0 Å². The van der Waals surface area contributed by atoms with E-state index in [2.05, 4.69) is 6.92 Å². The zero-order valence-electron chi connectivity index (χ0n) is 13.0. The maximum absolute atomic E-state index is 11.9. The highest BCUT2D eigenvalue weighted by Gasteiger charge is 2.30. The number of carbonyl (C=O) groups excluding carboxylic acids is 2.